The van der Waals surface area contributed by atoms with Gasteiger partial charge in [-0.25, -0.2) is 4.68 Å². The number of hydrogen-bond donors (Lipinski definition) is 0. The fourth-order valence-corrected chi connectivity index (χ4v) is 3.07. The van der Waals surface area contributed by atoms with E-state index in [0.717, 1.165) is 5.56 Å². The third-order valence-electron chi connectivity index (χ3n) is 3.47. The molecule has 1 aromatic heterocycles. The number of hydrogen-bond acceptors (Lipinski definition) is 6. The Bertz CT molecular complexity index is 920. The monoisotopic (exact) mass is 344 g/mol. The predicted molar refractivity (Wildman–Crippen MR) is 87.5 cm³/mol. The third kappa shape index (κ3) is 3.43. The van der Waals surface area contributed by atoms with E-state index in [-0.39, 0.29) is 10.6 Å². The quantitative estimate of drug-likeness (QED) is 0.661. The molecule has 0 aliphatic rings. The van der Waals surface area contributed by atoms with Gasteiger partial charge in [0, 0.05) is 6.07 Å². The largest absolute Gasteiger partial charge is 0.379 e. The Kier molecular flexibility index (Phi) is 4.30. The van der Waals surface area contributed by atoms with Crippen LogP contribution in [0.5, 0.6) is 5.75 Å². The zero-order valence-electron chi connectivity index (χ0n) is 13.2. The highest BCUT2D eigenvalue weighted by Crippen LogP contribution is 2.22. The van der Waals surface area contributed by atoms with Gasteiger partial charge in [0.1, 0.15) is 17.0 Å². The molecule has 0 aliphatic heterocycles. The SMILES string of the molecule is CC(C)c1ccc(S(=O)(=O)Oc2cccc(-n3cnnn3)c2)cc1. The van der Waals surface area contributed by atoms with E-state index in [4.69, 9.17) is 4.18 Å². The third-order valence-corrected chi connectivity index (χ3v) is 4.73. The van der Waals surface area contributed by atoms with E-state index < -0.39 is 10.1 Å². The average Bonchev–Trinajstić information content (AvgIpc) is 3.09. The van der Waals surface area contributed by atoms with E-state index in [1.807, 2.05) is 13.8 Å². The van der Waals surface area contributed by atoms with Gasteiger partial charge in [-0.2, -0.15) is 8.42 Å². The highest BCUT2D eigenvalue weighted by Gasteiger charge is 2.17. The van der Waals surface area contributed by atoms with E-state index >= 15 is 0 Å². The van der Waals surface area contributed by atoms with Crippen molar-refractivity contribution in [3.63, 3.8) is 0 Å². The van der Waals surface area contributed by atoms with Gasteiger partial charge in [0.2, 0.25) is 0 Å². The van der Waals surface area contributed by atoms with E-state index in [1.54, 1.807) is 48.5 Å². The first-order chi connectivity index (χ1) is 11.5. The van der Waals surface area contributed by atoms with Crippen LogP contribution in [0.2, 0.25) is 0 Å². The van der Waals surface area contributed by atoms with Crippen molar-refractivity contribution in [2.75, 3.05) is 0 Å². The first kappa shape index (κ1) is 16.1. The lowest BCUT2D eigenvalue weighted by Crippen LogP contribution is -2.10. The maximum atomic E-state index is 12.4. The van der Waals surface area contributed by atoms with Crippen LogP contribution in [0.1, 0.15) is 25.3 Å². The molecule has 0 radical (unpaired) electrons. The van der Waals surface area contributed by atoms with Crippen molar-refractivity contribution < 1.29 is 12.6 Å². The molecule has 0 N–H and O–H groups in total. The average molecular weight is 344 g/mol. The van der Waals surface area contributed by atoms with Crippen molar-refractivity contribution in [3.05, 3.63) is 60.4 Å². The first-order valence-electron chi connectivity index (χ1n) is 7.33. The molecule has 3 aromatic rings. The Morgan fingerprint density at radius 3 is 2.46 bits per heavy atom. The zero-order valence-corrected chi connectivity index (χ0v) is 14.0. The molecule has 0 aliphatic carbocycles. The predicted octanol–water partition coefficient (Wildman–Crippen LogP) is 2.55. The van der Waals surface area contributed by atoms with Crippen molar-refractivity contribution in [2.24, 2.45) is 0 Å². The lowest BCUT2D eigenvalue weighted by atomic mass is 10.0. The van der Waals surface area contributed by atoms with Gasteiger partial charge in [-0.15, -0.1) is 5.10 Å². The maximum Gasteiger partial charge on any atom is 0.339 e. The van der Waals surface area contributed by atoms with Gasteiger partial charge in [-0.1, -0.05) is 32.0 Å². The van der Waals surface area contributed by atoms with Gasteiger partial charge in [-0.05, 0) is 46.2 Å². The van der Waals surface area contributed by atoms with Crippen LogP contribution in [0.25, 0.3) is 5.69 Å². The van der Waals surface area contributed by atoms with Gasteiger partial charge in [0.05, 0.1) is 5.69 Å². The second kappa shape index (κ2) is 6.40. The van der Waals surface area contributed by atoms with Crippen LogP contribution in [-0.2, 0) is 10.1 Å². The molecule has 7 nitrogen and oxygen atoms in total. The molecule has 3 rings (SSSR count). The Morgan fingerprint density at radius 2 is 1.83 bits per heavy atom. The molecule has 1 heterocycles. The molecule has 124 valence electrons. The van der Waals surface area contributed by atoms with E-state index in [2.05, 4.69) is 15.5 Å². The van der Waals surface area contributed by atoms with E-state index in [1.165, 1.54) is 11.0 Å². The minimum absolute atomic E-state index is 0.111. The molecule has 0 unspecified atom stereocenters. The number of tetrazole rings is 1. The standard InChI is InChI=1S/C16H16N4O3S/c1-12(2)13-6-8-16(9-7-13)24(21,22)23-15-5-3-4-14(10-15)20-11-17-18-19-20/h3-12H,1-2H3. The summed E-state index contributed by atoms with van der Waals surface area (Å²) in [4.78, 5) is 0.111. The molecule has 0 saturated heterocycles. The summed E-state index contributed by atoms with van der Waals surface area (Å²) in [6.45, 7) is 4.09. The molecular weight excluding hydrogens is 328 g/mol. The van der Waals surface area contributed by atoms with Crippen LogP contribution in [0.4, 0.5) is 0 Å². The molecule has 0 bridgehead atoms. The van der Waals surface area contributed by atoms with Crippen LogP contribution in [-0.4, -0.2) is 28.6 Å². The Balaban J connectivity index is 1.85. The molecule has 0 atom stereocenters. The fourth-order valence-electron chi connectivity index (χ4n) is 2.15. The topological polar surface area (TPSA) is 87.0 Å². The van der Waals surface area contributed by atoms with E-state index in [0.29, 0.717) is 11.6 Å². The fraction of sp³-hybridized carbons (Fsp3) is 0.188. The Hall–Kier alpha value is -2.74. The molecular formula is C16H16N4O3S. The number of nitrogens with zero attached hydrogens (tertiary/aromatic N) is 4. The highest BCUT2D eigenvalue weighted by molar-refractivity contribution is 7.87. The van der Waals surface area contributed by atoms with E-state index in [9.17, 15) is 8.42 Å². The van der Waals surface area contributed by atoms with Gasteiger partial charge in [0.15, 0.2) is 0 Å². The lowest BCUT2D eigenvalue weighted by Gasteiger charge is -2.10. The van der Waals surface area contributed by atoms with Gasteiger partial charge < -0.3 is 4.18 Å². The molecule has 0 fully saturated rings. The zero-order chi connectivity index (χ0) is 17.2. The molecule has 0 saturated carbocycles. The highest BCUT2D eigenvalue weighted by atomic mass is 32.2. The lowest BCUT2D eigenvalue weighted by molar-refractivity contribution is 0.486. The smallest absolute Gasteiger partial charge is 0.339 e. The normalized spacial score (nSPS) is 11.6. The van der Waals surface area contributed by atoms with Crippen LogP contribution in [0.3, 0.4) is 0 Å². The Labute approximate surface area is 140 Å². The van der Waals surface area contributed by atoms with Crippen molar-refractivity contribution in [1.82, 2.24) is 20.2 Å². The van der Waals surface area contributed by atoms with Crippen LogP contribution in [0.15, 0.2) is 59.8 Å². The van der Waals surface area contributed by atoms with Gasteiger partial charge >= 0.3 is 10.1 Å². The summed E-state index contributed by atoms with van der Waals surface area (Å²) in [5, 5.41) is 10.9. The van der Waals surface area contributed by atoms with Gasteiger partial charge in [-0.3, -0.25) is 0 Å². The number of benzene rings is 2. The van der Waals surface area contributed by atoms with Crippen molar-refractivity contribution >= 4 is 10.1 Å². The first-order valence-corrected chi connectivity index (χ1v) is 8.74. The van der Waals surface area contributed by atoms with Crippen molar-refractivity contribution in [1.29, 1.82) is 0 Å². The van der Waals surface area contributed by atoms with Crippen LogP contribution < -0.4 is 4.18 Å². The summed E-state index contributed by atoms with van der Waals surface area (Å²) < 4.78 is 31.5. The summed E-state index contributed by atoms with van der Waals surface area (Å²) in [5.74, 6) is 0.520. The Morgan fingerprint density at radius 1 is 1.08 bits per heavy atom. The molecule has 0 amide bonds. The maximum absolute atomic E-state index is 12.4. The summed E-state index contributed by atoms with van der Waals surface area (Å²) in [6, 6.07) is 13.2. The summed E-state index contributed by atoms with van der Waals surface area (Å²) >= 11 is 0. The molecule has 24 heavy (non-hydrogen) atoms. The molecule has 0 spiro atoms. The minimum Gasteiger partial charge on any atom is -0.379 e. The van der Waals surface area contributed by atoms with Crippen molar-refractivity contribution in [3.8, 4) is 11.4 Å². The molecule has 2 aromatic carbocycles. The summed E-state index contributed by atoms with van der Waals surface area (Å²) in [5.41, 5.74) is 1.66. The van der Waals surface area contributed by atoms with Crippen LogP contribution in [0, 0.1) is 0 Å². The van der Waals surface area contributed by atoms with Crippen LogP contribution >= 0.6 is 0 Å². The second-order valence-corrected chi connectivity index (χ2v) is 7.06. The summed E-state index contributed by atoms with van der Waals surface area (Å²) in [6.07, 6.45) is 1.41. The number of aromatic nitrogens is 4. The van der Waals surface area contributed by atoms with Gasteiger partial charge in [0.25, 0.3) is 0 Å². The minimum atomic E-state index is -3.90. The second-order valence-electron chi connectivity index (χ2n) is 5.51. The summed E-state index contributed by atoms with van der Waals surface area (Å²) in [7, 11) is -3.90. The van der Waals surface area contributed by atoms with Crippen molar-refractivity contribution in [2.45, 2.75) is 24.7 Å². The number of rotatable bonds is 5. The molecule has 8 heteroatoms.